The molecular weight excluding hydrogens is 258 g/mol. The van der Waals surface area contributed by atoms with Gasteiger partial charge in [0.2, 0.25) is 5.78 Å². The van der Waals surface area contributed by atoms with Gasteiger partial charge in [0, 0.05) is 18.8 Å². The molecule has 0 saturated carbocycles. The zero-order chi connectivity index (χ0) is 10.7. The normalized spacial score (nSPS) is 10.2. The largest absolute Gasteiger partial charge is 0.446 e. The van der Waals surface area contributed by atoms with Crippen LogP contribution in [0.25, 0.3) is 0 Å². The Balaban J connectivity index is 2.11. The highest BCUT2D eigenvalue weighted by Gasteiger charge is 2.10. The van der Waals surface area contributed by atoms with Crippen molar-refractivity contribution in [2.45, 2.75) is 6.42 Å². The van der Waals surface area contributed by atoms with Crippen LogP contribution in [-0.4, -0.2) is 10.8 Å². The number of carbonyl (C=O) groups excluding carboxylic acids is 1. The van der Waals surface area contributed by atoms with Crippen molar-refractivity contribution in [3.8, 4) is 0 Å². The van der Waals surface area contributed by atoms with Crippen molar-refractivity contribution >= 4 is 21.7 Å². The van der Waals surface area contributed by atoms with Crippen molar-refractivity contribution in [2.24, 2.45) is 0 Å². The Hall–Kier alpha value is -1.42. The lowest BCUT2D eigenvalue weighted by Gasteiger charge is -1.97. The summed E-state index contributed by atoms with van der Waals surface area (Å²) >= 11 is 3.16. The monoisotopic (exact) mass is 265 g/mol. The van der Waals surface area contributed by atoms with Crippen LogP contribution in [0.3, 0.4) is 0 Å². The quantitative estimate of drug-likeness (QED) is 0.802. The van der Waals surface area contributed by atoms with E-state index < -0.39 is 0 Å². The second kappa shape index (κ2) is 4.40. The molecule has 0 N–H and O–H groups in total. The van der Waals surface area contributed by atoms with E-state index in [0.29, 0.717) is 16.9 Å². The molecule has 15 heavy (non-hydrogen) atoms. The molecule has 2 rings (SSSR count). The number of nitrogens with zero attached hydrogens (tertiary/aromatic N) is 1. The van der Waals surface area contributed by atoms with Gasteiger partial charge in [0.1, 0.15) is 0 Å². The van der Waals surface area contributed by atoms with Crippen LogP contribution in [0.1, 0.15) is 16.1 Å². The average Bonchev–Trinajstić information content (AvgIpc) is 2.66. The van der Waals surface area contributed by atoms with Crippen LogP contribution in [0.4, 0.5) is 0 Å². The van der Waals surface area contributed by atoms with Crippen LogP contribution in [0, 0.1) is 0 Å². The highest BCUT2D eigenvalue weighted by molar-refractivity contribution is 9.10. The first-order valence-corrected chi connectivity index (χ1v) is 5.22. The molecule has 0 aromatic carbocycles. The molecule has 2 heterocycles. The summed E-state index contributed by atoms with van der Waals surface area (Å²) in [4.78, 5) is 15.6. The second-order valence-electron chi connectivity index (χ2n) is 3.06. The minimum atomic E-state index is -0.0353. The van der Waals surface area contributed by atoms with E-state index >= 15 is 0 Å². The highest BCUT2D eigenvalue weighted by Crippen LogP contribution is 2.15. The first kappa shape index (κ1) is 10.1. The summed E-state index contributed by atoms with van der Waals surface area (Å²) in [6.45, 7) is 0. The van der Waals surface area contributed by atoms with Gasteiger partial charge in [-0.2, -0.15) is 0 Å². The van der Waals surface area contributed by atoms with Gasteiger partial charge in [0.15, 0.2) is 10.4 Å². The summed E-state index contributed by atoms with van der Waals surface area (Å²) in [6.07, 6.45) is 3.67. The summed E-state index contributed by atoms with van der Waals surface area (Å²) in [5.41, 5.74) is 0.933. The van der Waals surface area contributed by atoms with E-state index in [1.54, 1.807) is 24.5 Å². The van der Waals surface area contributed by atoms with E-state index in [2.05, 4.69) is 20.9 Å². The summed E-state index contributed by atoms with van der Waals surface area (Å²) in [5.74, 6) is 0.339. The Bertz CT molecular complexity index is 464. The number of aromatic nitrogens is 1. The van der Waals surface area contributed by atoms with Gasteiger partial charge in [-0.1, -0.05) is 0 Å². The first-order chi connectivity index (χ1) is 7.25. The highest BCUT2D eigenvalue weighted by atomic mass is 79.9. The van der Waals surface area contributed by atoms with Crippen molar-refractivity contribution in [1.29, 1.82) is 0 Å². The Kier molecular flexibility index (Phi) is 2.97. The number of furan rings is 1. The summed E-state index contributed by atoms with van der Waals surface area (Å²) < 4.78 is 5.74. The number of hydrogen-bond donors (Lipinski definition) is 0. The number of hydrogen-bond acceptors (Lipinski definition) is 3. The van der Waals surface area contributed by atoms with E-state index in [0.717, 1.165) is 5.56 Å². The minimum absolute atomic E-state index is 0.0353. The number of carbonyl (C=O) groups is 1. The van der Waals surface area contributed by atoms with Gasteiger partial charge in [-0.3, -0.25) is 9.78 Å². The maximum atomic E-state index is 11.7. The minimum Gasteiger partial charge on any atom is -0.446 e. The van der Waals surface area contributed by atoms with Crippen molar-refractivity contribution in [3.63, 3.8) is 0 Å². The van der Waals surface area contributed by atoms with Gasteiger partial charge in [-0.25, -0.2) is 0 Å². The molecule has 0 aliphatic carbocycles. The van der Waals surface area contributed by atoms with Crippen LogP contribution in [0.5, 0.6) is 0 Å². The Morgan fingerprint density at radius 3 is 2.60 bits per heavy atom. The topological polar surface area (TPSA) is 43.1 Å². The van der Waals surface area contributed by atoms with Crippen molar-refractivity contribution in [1.82, 2.24) is 4.98 Å². The summed E-state index contributed by atoms with van der Waals surface area (Å²) in [5, 5.41) is 0. The van der Waals surface area contributed by atoms with E-state index in [9.17, 15) is 4.79 Å². The SMILES string of the molecule is O=C(Cc1ccncc1)c1ccc(Br)o1. The van der Waals surface area contributed by atoms with Crippen LogP contribution >= 0.6 is 15.9 Å². The lowest BCUT2D eigenvalue weighted by Crippen LogP contribution is -2.01. The Labute approximate surface area is 95.3 Å². The van der Waals surface area contributed by atoms with Crippen LogP contribution in [0.2, 0.25) is 0 Å². The van der Waals surface area contributed by atoms with Crippen molar-refractivity contribution in [3.05, 3.63) is 52.7 Å². The zero-order valence-electron chi connectivity index (χ0n) is 7.81. The zero-order valence-corrected chi connectivity index (χ0v) is 9.40. The molecule has 0 saturated heterocycles. The molecule has 0 fully saturated rings. The molecular formula is C11H8BrNO2. The lowest BCUT2D eigenvalue weighted by atomic mass is 10.1. The smallest absolute Gasteiger partial charge is 0.202 e. The van der Waals surface area contributed by atoms with Gasteiger partial charge in [-0.05, 0) is 45.8 Å². The van der Waals surface area contributed by atoms with Crippen LogP contribution < -0.4 is 0 Å². The number of rotatable bonds is 3. The van der Waals surface area contributed by atoms with Gasteiger partial charge < -0.3 is 4.42 Å². The fourth-order valence-corrected chi connectivity index (χ4v) is 1.54. The van der Waals surface area contributed by atoms with Gasteiger partial charge in [0.25, 0.3) is 0 Å². The van der Waals surface area contributed by atoms with Crippen molar-refractivity contribution < 1.29 is 9.21 Å². The van der Waals surface area contributed by atoms with E-state index in [1.807, 2.05) is 12.1 Å². The van der Waals surface area contributed by atoms with E-state index in [4.69, 9.17) is 4.42 Å². The predicted octanol–water partition coefficient (Wildman–Crippen LogP) is 2.86. The molecule has 0 bridgehead atoms. The summed E-state index contributed by atoms with van der Waals surface area (Å²) in [7, 11) is 0. The predicted molar refractivity (Wildman–Crippen MR) is 58.7 cm³/mol. The van der Waals surface area contributed by atoms with Crippen molar-refractivity contribution in [2.75, 3.05) is 0 Å². The lowest BCUT2D eigenvalue weighted by molar-refractivity contribution is 0.0965. The molecule has 0 amide bonds. The Morgan fingerprint density at radius 1 is 1.27 bits per heavy atom. The molecule has 2 aromatic rings. The molecule has 3 nitrogen and oxygen atoms in total. The molecule has 0 atom stereocenters. The molecule has 0 spiro atoms. The van der Waals surface area contributed by atoms with Gasteiger partial charge in [0.05, 0.1) is 0 Å². The van der Waals surface area contributed by atoms with E-state index in [-0.39, 0.29) is 5.78 Å². The standard InChI is InChI=1S/C11H8BrNO2/c12-11-2-1-10(15-11)9(14)7-8-3-5-13-6-4-8/h1-6H,7H2. The molecule has 0 radical (unpaired) electrons. The molecule has 76 valence electrons. The van der Waals surface area contributed by atoms with Gasteiger partial charge >= 0.3 is 0 Å². The molecule has 2 aromatic heterocycles. The third-order valence-electron chi connectivity index (χ3n) is 1.96. The molecule has 4 heteroatoms. The maximum Gasteiger partial charge on any atom is 0.202 e. The number of Topliss-reactive ketones (excluding diaryl/α,β-unsaturated/α-hetero) is 1. The second-order valence-corrected chi connectivity index (χ2v) is 3.84. The van der Waals surface area contributed by atoms with Crippen LogP contribution in [-0.2, 0) is 6.42 Å². The third-order valence-corrected chi connectivity index (χ3v) is 2.39. The molecule has 0 aliphatic heterocycles. The van der Waals surface area contributed by atoms with E-state index in [1.165, 1.54) is 0 Å². The fraction of sp³-hybridized carbons (Fsp3) is 0.0909. The maximum absolute atomic E-state index is 11.7. The first-order valence-electron chi connectivity index (χ1n) is 4.43. The van der Waals surface area contributed by atoms with Gasteiger partial charge in [-0.15, -0.1) is 0 Å². The van der Waals surface area contributed by atoms with Crippen LogP contribution in [0.15, 0.2) is 45.7 Å². The molecule has 0 unspecified atom stereocenters. The fourth-order valence-electron chi connectivity index (χ4n) is 1.24. The number of ketones is 1. The number of halogens is 1. The third kappa shape index (κ3) is 2.53. The number of pyridine rings is 1. The average molecular weight is 266 g/mol. The summed E-state index contributed by atoms with van der Waals surface area (Å²) in [6, 6.07) is 7.00. The Morgan fingerprint density at radius 2 is 2.00 bits per heavy atom. The molecule has 0 aliphatic rings.